The van der Waals surface area contributed by atoms with Crippen LogP contribution in [-0.2, 0) is 9.53 Å². The number of piperidine rings is 1. The summed E-state index contributed by atoms with van der Waals surface area (Å²) in [5, 5.41) is 3.19. The summed E-state index contributed by atoms with van der Waals surface area (Å²) in [6.07, 6.45) is 4.54. The van der Waals surface area contributed by atoms with E-state index < -0.39 is 0 Å². The third-order valence-corrected chi connectivity index (χ3v) is 6.84. The van der Waals surface area contributed by atoms with E-state index in [4.69, 9.17) is 9.47 Å². The van der Waals surface area contributed by atoms with Gasteiger partial charge in [-0.1, -0.05) is 30.3 Å². The molecular weight excluding hydrogens is 404 g/mol. The molecule has 1 amide bonds. The van der Waals surface area contributed by atoms with Crippen LogP contribution in [0.3, 0.4) is 0 Å². The van der Waals surface area contributed by atoms with Crippen molar-refractivity contribution in [2.75, 3.05) is 26.8 Å². The predicted molar refractivity (Wildman–Crippen MR) is 123 cm³/mol. The zero-order valence-electron chi connectivity index (χ0n) is 18.9. The molecule has 2 aromatic rings. The summed E-state index contributed by atoms with van der Waals surface area (Å²) >= 11 is 0. The maximum absolute atomic E-state index is 13.3. The number of nitrogens with zero attached hydrogens (tertiary/aromatic N) is 1. The molecule has 1 N–H and O–H groups in total. The molecule has 6 heteroatoms. The molecule has 2 aliphatic rings. The predicted octanol–water partition coefficient (Wildman–Crippen LogP) is 3.97. The van der Waals surface area contributed by atoms with Crippen molar-refractivity contribution in [2.45, 2.75) is 44.7 Å². The van der Waals surface area contributed by atoms with E-state index in [0.29, 0.717) is 17.6 Å². The molecule has 0 unspecified atom stereocenters. The van der Waals surface area contributed by atoms with Gasteiger partial charge < -0.3 is 14.8 Å². The molecule has 0 radical (unpaired) electrons. The van der Waals surface area contributed by atoms with E-state index >= 15 is 0 Å². The van der Waals surface area contributed by atoms with E-state index in [1.54, 1.807) is 12.1 Å². The first kappa shape index (κ1) is 22.3. The fourth-order valence-electron chi connectivity index (χ4n) is 4.55. The summed E-state index contributed by atoms with van der Waals surface area (Å²) in [6, 6.07) is 16.7. The number of amides is 1. The van der Waals surface area contributed by atoms with Gasteiger partial charge in [0.05, 0.1) is 24.8 Å². The van der Waals surface area contributed by atoms with Crippen LogP contribution in [-0.4, -0.2) is 49.6 Å². The summed E-state index contributed by atoms with van der Waals surface area (Å²) in [5.74, 6) is 0.562. The van der Waals surface area contributed by atoms with Crippen LogP contribution in [0.2, 0.25) is 0 Å². The van der Waals surface area contributed by atoms with E-state index in [-0.39, 0.29) is 24.0 Å². The molecule has 1 spiro atoms. The fourth-order valence-corrected chi connectivity index (χ4v) is 4.55. The average Bonchev–Trinajstić information content (AvgIpc) is 3.59. The first-order valence-corrected chi connectivity index (χ1v) is 11.4. The Morgan fingerprint density at radius 1 is 1.09 bits per heavy atom. The van der Waals surface area contributed by atoms with Crippen LogP contribution >= 0.6 is 0 Å². The van der Waals surface area contributed by atoms with Gasteiger partial charge in [0.15, 0.2) is 0 Å². The Morgan fingerprint density at radius 3 is 2.47 bits per heavy atom. The van der Waals surface area contributed by atoms with Gasteiger partial charge >= 0.3 is 5.97 Å². The molecule has 1 saturated heterocycles. The molecular formula is C26H32N2O4. The van der Waals surface area contributed by atoms with Crippen LogP contribution < -0.4 is 10.1 Å². The largest absolute Gasteiger partial charge is 0.492 e. The Labute approximate surface area is 189 Å². The number of hydrogen-bond donors (Lipinski definition) is 1. The lowest BCUT2D eigenvalue weighted by molar-refractivity contribution is -0.129. The monoisotopic (exact) mass is 436 g/mol. The number of esters is 1. The number of rotatable bonds is 8. The van der Waals surface area contributed by atoms with Crippen LogP contribution in [0.1, 0.15) is 54.6 Å². The number of likely N-dealkylation sites (tertiary alicyclic amines) is 1. The normalized spacial score (nSPS) is 20.4. The maximum Gasteiger partial charge on any atom is 0.337 e. The average molecular weight is 437 g/mol. The highest BCUT2D eigenvalue weighted by molar-refractivity contribution is 5.89. The number of hydrogen-bond acceptors (Lipinski definition) is 5. The number of ether oxygens (including phenoxy) is 2. The zero-order chi connectivity index (χ0) is 22.6. The molecule has 2 atom stereocenters. The molecule has 1 heterocycles. The minimum absolute atomic E-state index is 0.0697. The van der Waals surface area contributed by atoms with Crippen molar-refractivity contribution in [1.29, 1.82) is 0 Å². The van der Waals surface area contributed by atoms with Crippen LogP contribution in [0.5, 0.6) is 5.75 Å². The van der Waals surface area contributed by atoms with Gasteiger partial charge in [-0.15, -0.1) is 0 Å². The van der Waals surface area contributed by atoms with Gasteiger partial charge in [0.2, 0.25) is 5.91 Å². The third kappa shape index (κ3) is 5.30. The molecule has 32 heavy (non-hydrogen) atoms. The highest BCUT2D eigenvalue weighted by atomic mass is 16.5. The highest BCUT2D eigenvalue weighted by Gasteiger charge is 2.49. The topological polar surface area (TPSA) is 67.9 Å². The lowest BCUT2D eigenvalue weighted by Crippen LogP contribution is -2.53. The van der Waals surface area contributed by atoms with Crippen molar-refractivity contribution in [2.24, 2.45) is 5.41 Å². The quantitative estimate of drug-likeness (QED) is 0.634. The van der Waals surface area contributed by atoms with Crippen molar-refractivity contribution in [3.8, 4) is 5.75 Å². The molecule has 4 rings (SSSR count). The lowest BCUT2D eigenvalue weighted by atomic mass is 9.87. The number of nitrogens with one attached hydrogen (secondary N) is 1. The van der Waals surface area contributed by atoms with Crippen molar-refractivity contribution < 1.29 is 19.1 Å². The molecule has 6 nitrogen and oxygen atoms in total. The summed E-state index contributed by atoms with van der Waals surface area (Å²) in [7, 11) is 1.37. The summed E-state index contributed by atoms with van der Waals surface area (Å²) in [5.41, 5.74) is 1.83. The Morgan fingerprint density at radius 2 is 1.81 bits per heavy atom. The zero-order valence-corrected chi connectivity index (χ0v) is 18.9. The van der Waals surface area contributed by atoms with Crippen LogP contribution in [0.15, 0.2) is 54.6 Å². The molecule has 2 fully saturated rings. The standard InChI is InChI=1S/C26H32N2O4/c1-19(20-8-10-21(11-9-20)25(30)31-2)27-24(29)23-18-26(12-13-26)14-15-28(23)16-17-32-22-6-4-3-5-7-22/h3-11,19,23H,12-18H2,1-2H3,(H,27,29)/t19-,23+/m0/s1. The summed E-state index contributed by atoms with van der Waals surface area (Å²) in [4.78, 5) is 27.2. The first-order valence-electron chi connectivity index (χ1n) is 11.4. The SMILES string of the molecule is COC(=O)c1ccc([C@H](C)NC(=O)[C@H]2CC3(CCN2CCOc2ccccc2)CC3)cc1. The number of para-hydroxylation sites is 1. The van der Waals surface area contributed by atoms with Gasteiger partial charge in [-0.3, -0.25) is 9.69 Å². The molecule has 2 aromatic carbocycles. The van der Waals surface area contributed by atoms with Crippen LogP contribution in [0, 0.1) is 5.41 Å². The van der Waals surface area contributed by atoms with Gasteiger partial charge in [0.1, 0.15) is 12.4 Å². The maximum atomic E-state index is 13.3. The van der Waals surface area contributed by atoms with Crippen molar-refractivity contribution >= 4 is 11.9 Å². The Kier molecular flexibility index (Phi) is 6.80. The van der Waals surface area contributed by atoms with Crippen molar-refractivity contribution in [3.63, 3.8) is 0 Å². The molecule has 1 aliphatic heterocycles. The Hall–Kier alpha value is -2.86. The van der Waals surface area contributed by atoms with Crippen molar-refractivity contribution in [1.82, 2.24) is 10.2 Å². The second-order valence-electron chi connectivity index (χ2n) is 9.01. The Bertz CT molecular complexity index is 925. The summed E-state index contributed by atoms with van der Waals surface area (Å²) in [6.45, 7) is 4.19. The molecule has 1 saturated carbocycles. The van der Waals surface area contributed by atoms with Gasteiger partial charge in [-0.25, -0.2) is 4.79 Å². The molecule has 1 aliphatic carbocycles. The highest BCUT2D eigenvalue weighted by Crippen LogP contribution is 2.55. The Balaban J connectivity index is 1.36. The smallest absolute Gasteiger partial charge is 0.337 e. The van der Waals surface area contributed by atoms with Gasteiger partial charge in [-0.2, -0.15) is 0 Å². The van der Waals surface area contributed by atoms with E-state index in [1.807, 2.05) is 49.4 Å². The summed E-state index contributed by atoms with van der Waals surface area (Å²) < 4.78 is 10.6. The number of methoxy groups -OCH3 is 1. The first-order chi connectivity index (χ1) is 15.5. The molecule has 0 bridgehead atoms. The van der Waals surface area contributed by atoms with Gasteiger partial charge in [0, 0.05) is 6.54 Å². The lowest BCUT2D eigenvalue weighted by Gasteiger charge is -2.39. The van der Waals surface area contributed by atoms with Gasteiger partial charge in [0.25, 0.3) is 0 Å². The minimum atomic E-state index is -0.362. The third-order valence-electron chi connectivity index (χ3n) is 6.84. The van der Waals surface area contributed by atoms with Crippen LogP contribution in [0.4, 0.5) is 0 Å². The fraction of sp³-hybridized carbons (Fsp3) is 0.462. The van der Waals surface area contributed by atoms with E-state index in [2.05, 4.69) is 10.2 Å². The second-order valence-corrected chi connectivity index (χ2v) is 9.01. The van der Waals surface area contributed by atoms with E-state index in [0.717, 1.165) is 37.2 Å². The number of benzene rings is 2. The van der Waals surface area contributed by atoms with E-state index in [9.17, 15) is 9.59 Å². The molecule has 170 valence electrons. The molecule has 0 aromatic heterocycles. The van der Waals surface area contributed by atoms with Crippen LogP contribution in [0.25, 0.3) is 0 Å². The number of carbonyl (C=O) groups excluding carboxylic acids is 2. The minimum Gasteiger partial charge on any atom is -0.492 e. The van der Waals surface area contributed by atoms with E-state index in [1.165, 1.54) is 20.0 Å². The second kappa shape index (κ2) is 9.74. The van der Waals surface area contributed by atoms with Crippen molar-refractivity contribution in [3.05, 3.63) is 65.7 Å². The number of carbonyl (C=O) groups is 2. The van der Waals surface area contributed by atoms with Gasteiger partial charge in [-0.05, 0) is 74.4 Å².